The van der Waals surface area contributed by atoms with Gasteiger partial charge in [-0.05, 0) is 71.2 Å². The highest BCUT2D eigenvalue weighted by atomic mass is 79.9. The molecule has 9 heteroatoms. The summed E-state index contributed by atoms with van der Waals surface area (Å²) in [6.07, 6.45) is 3.39. The van der Waals surface area contributed by atoms with E-state index >= 15 is 0 Å². The van der Waals surface area contributed by atoms with Gasteiger partial charge >= 0.3 is 5.97 Å². The van der Waals surface area contributed by atoms with Crippen molar-refractivity contribution < 1.29 is 19.4 Å². The van der Waals surface area contributed by atoms with Crippen LogP contribution in [0, 0.1) is 0 Å². The summed E-state index contributed by atoms with van der Waals surface area (Å²) in [4.78, 5) is 31.6. The highest BCUT2D eigenvalue weighted by Crippen LogP contribution is 2.31. The van der Waals surface area contributed by atoms with E-state index in [4.69, 9.17) is 9.47 Å². The zero-order chi connectivity index (χ0) is 25.1. The molecule has 0 bridgehead atoms. The number of phenols is 1. The third-order valence-electron chi connectivity index (χ3n) is 5.35. The van der Waals surface area contributed by atoms with Crippen LogP contribution in [0.4, 0.5) is 0 Å². The molecule has 0 fully saturated rings. The van der Waals surface area contributed by atoms with Crippen molar-refractivity contribution in [3.05, 3.63) is 102 Å². The molecular weight excluding hydrogens is 532 g/mol. The Balaban J connectivity index is 1.89. The first kappa shape index (κ1) is 24.7. The molecule has 1 aliphatic rings. The number of esters is 1. The Kier molecular flexibility index (Phi) is 7.37. The lowest BCUT2D eigenvalue weighted by atomic mass is 9.96. The summed E-state index contributed by atoms with van der Waals surface area (Å²) in [6.45, 7) is 7.71. The lowest BCUT2D eigenvalue weighted by Crippen LogP contribution is -2.39. The number of hydrogen-bond donors (Lipinski definition) is 1. The predicted octanol–water partition coefficient (Wildman–Crippen LogP) is 3.83. The third kappa shape index (κ3) is 5.01. The number of nitrogens with zero attached hydrogens (tertiary/aromatic N) is 2. The van der Waals surface area contributed by atoms with Crippen molar-refractivity contribution in [2.45, 2.75) is 19.9 Å². The van der Waals surface area contributed by atoms with Crippen LogP contribution in [0.25, 0.3) is 6.08 Å². The van der Waals surface area contributed by atoms with Gasteiger partial charge in [0, 0.05) is 0 Å². The van der Waals surface area contributed by atoms with Gasteiger partial charge in [-0.2, -0.15) is 0 Å². The molecule has 0 spiro atoms. The van der Waals surface area contributed by atoms with Gasteiger partial charge in [0.2, 0.25) is 0 Å². The van der Waals surface area contributed by atoms with Crippen molar-refractivity contribution in [2.24, 2.45) is 4.99 Å². The number of rotatable bonds is 7. The standard InChI is InChI=1S/C26H23BrN2O5S/c1-4-12-34-18-9-7-17(8-10-18)23-22(25(32)33-5-2)15(3)28-26-29(23)24(31)21(35-26)14-16-6-11-20(30)19(27)13-16/h4,6-11,13-14,23,30H,1,5,12H2,2-3H3/t23-/m1/s1. The molecule has 0 amide bonds. The molecule has 180 valence electrons. The number of hydrogen-bond acceptors (Lipinski definition) is 7. The normalized spacial score (nSPS) is 15.4. The van der Waals surface area contributed by atoms with Gasteiger partial charge < -0.3 is 14.6 Å². The lowest BCUT2D eigenvalue weighted by molar-refractivity contribution is -0.139. The average molecular weight is 555 g/mol. The number of phenolic OH excluding ortho intramolecular Hbond substituents is 1. The third-order valence-corrected chi connectivity index (χ3v) is 6.97. The largest absolute Gasteiger partial charge is 0.507 e. The van der Waals surface area contributed by atoms with Crippen molar-refractivity contribution in [3.8, 4) is 11.5 Å². The quantitative estimate of drug-likeness (QED) is 0.354. The molecule has 7 nitrogen and oxygen atoms in total. The van der Waals surface area contributed by atoms with E-state index in [1.54, 1.807) is 56.3 Å². The van der Waals surface area contributed by atoms with Crippen LogP contribution in [-0.4, -0.2) is 28.9 Å². The molecule has 0 radical (unpaired) electrons. The van der Waals surface area contributed by atoms with Crippen LogP contribution in [0.5, 0.6) is 11.5 Å². The summed E-state index contributed by atoms with van der Waals surface area (Å²) in [6, 6.07) is 11.5. The molecule has 4 rings (SSSR count). The zero-order valence-electron chi connectivity index (χ0n) is 19.2. The topological polar surface area (TPSA) is 90.1 Å². The number of aromatic nitrogens is 1. The van der Waals surface area contributed by atoms with Crippen molar-refractivity contribution in [1.82, 2.24) is 4.57 Å². The maximum Gasteiger partial charge on any atom is 0.338 e. The van der Waals surface area contributed by atoms with Gasteiger partial charge in [-0.3, -0.25) is 9.36 Å². The van der Waals surface area contributed by atoms with E-state index in [1.165, 1.54) is 15.9 Å². The number of ether oxygens (including phenoxy) is 2. The smallest absolute Gasteiger partial charge is 0.338 e. The van der Waals surface area contributed by atoms with E-state index in [0.29, 0.717) is 37.4 Å². The summed E-state index contributed by atoms with van der Waals surface area (Å²) in [7, 11) is 0. The summed E-state index contributed by atoms with van der Waals surface area (Å²) in [5.74, 6) is 0.249. The number of thiazole rings is 1. The Labute approximate surface area is 214 Å². The fourth-order valence-electron chi connectivity index (χ4n) is 3.77. The molecule has 0 unspecified atom stereocenters. The Morgan fingerprint density at radius 2 is 2.03 bits per heavy atom. The minimum absolute atomic E-state index is 0.110. The van der Waals surface area contributed by atoms with E-state index in [2.05, 4.69) is 27.5 Å². The number of benzene rings is 2. The van der Waals surface area contributed by atoms with Crippen molar-refractivity contribution >= 4 is 39.3 Å². The molecule has 1 atom stereocenters. The molecule has 1 aromatic heterocycles. The highest BCUT2D eigenvalue weighted by Gasteiger charge is 2.33. The van der Waals surface area contributed by atoms with Crippen LogP contribution in [0.3, 0.4) is 0 Å². The Bertz CT molecular complexity index is 1500. The summed E-state index contributed by atoms with van der Waals surface area (Å²) >= 11 is 4.54. The maximum absolute atomic E-state index is 13.6. The van der Waals surface area contributed by atoms with Crippen LogP contribution in [-0.2, 0) is 9.53 Å². The first-order chi connectivity index (χ1) is 16.8. The first-order valence-electron chi connectivity index (χ1n) is 10.9. The Hall–Kier alpha value is -3.43. The Morgan fingerprint density at radius 1 is 1.29 bits per heavy atom. The lowest BCUT2D eigenvalue weighted by Gasteiger charge is -2.24. The van der Waals surface area contributed by atoms with Crippen LogP contribution >= 0.6 is 27.3 Å². The number of carbonyl (C=O) groups excluding carboxylic acids is 1. The number of halogens is 1. The van der Waals surface area contributed by atoms with Gasteiger partial charge in [0.05, 0.1) is 32.9 Å². The molecule has 35 heavy (non-hydrogen) atoms. The summed E-state index contributed by atoms with van der Waals surface area (Å²) < 4.78 is 13.4. The minimum Gasteiger partial charge on any atom is -0.507 e. The molecule has 1 aliphatic heterocycles. The molecule has 0 saturated carbocycles. The first-order valence-corrected chi connectivity index (χ1v) is 12.5. The molecule has 2 heterocycles. The monoisotopic (exact) mass is 554 g/mol. The van der Waals surface area contributed by atoms with E-state index < -0.39 is 12.0 Å². The van der Waals surface area contributed by atoms with Crippen molar-refractivity contribution in [1.29, 1.82) is 0 Å². The van der Waals surface area contributed by atoms with Gasteiger partial charge in [-0.15, -0.1) is 0 Å². The molecule has 2 aromatic carbocycles. The van der Waals surface area contributed by atoms with E-state index in [9.17, 15) is 14.7 Å². The number of carbonyl (C=O) groups is 1. The zero-order valence-corrected chi connectivity index (χ0v) is 21.6. The fourth-order valence-corrected chi connectivity index (χ4v) is 5.22. The SMILES string of the molecule is C=CCOc1ccc([C@@H]2C(C(=O)OCC)=C(C)N=c3sc(=Cc4ccc(O)c(Br)c4)c(=O)n32)cc1. The Morgan fingerprint density at radius 3 is 2.69 bits per heavy atom. The van der Waals surface area contributed by atoms with Gasteiger partial charge in [-0.25, -0.2) is 9.79 Å². The number of fused-ring (bicyclic) bond motifs is 1. The van der Waals surface area contributed by atoms with Crippen LogP contribution in [0.1, 0.15) is 31.0 Å². The van der Waals surface area contributed by atoms with Crippen molar-refractivity contribution in [2.75, 3.05) is 13.2 Å². The maximum atomic E-state index is 13.6. The number of allylic oxidation sites excluding steroid dienone is 1. The second-order valence-electron chi connectivity index (χ2n) is 7.68. The second kappa shape index (κ2) is 10.5. The molecule has 0 saturated heterocycles. The summed E-state index contributed by atoms with van der Waals surface area (Å²) in [5.41, 5.74) is 2.01. The predicted molar refractivity (Wildman–Crippen MR) is 138 cm³/mol. The number of aromatic hydroxyl groups is 1. The van der Waals surface area contributed by atoms with E-state index in [0.717, 1.165) is 11.1 Å². The van der Waals surface area contributed by atoms with Crippen LogP contribution in [0.15, 0.2) is 80.6 Å². The van der Waals surface area contributed by atoms with Crippen LogP contribution in [0.2, 0.25) is 0 Å². The minimum atomic E-state index is -0.701. The van der Waals surface area contributed by atoms with E-state index in [1.807, 2.05) is 12.1 Å². The molecular formula is C26H23BrN2O5S. The second-order valence-corrected chi connectivity index (χ2v) is 9.55. The van der Waals surface area contributed by atoms with E-state index in [-0.39, 0.29) is 17.9 Å². The van der Waals surface area contributed by atoms with Crippen LogP contribution < -0.4 is 19.6 Å². The van der Waals surface area contributed by atoms with Gasteiger partial charge in [0.25, 0.3) is 5.56 Å². The highest BCUT2D eigenvalue weighted by molar-refractivity contribution is 9.10. The van der Waals surface area contributed by atoms with Gasteiger partial charge in [0.1, 0.15) is 18.1 Å². The fraction of sp³-hybridized carbons (Fsp3) is 0.192. The van der Waals surface area contributed by atoms with Gasteiger partial charge in [-0.1, -0.05) is 42.2 Å². The molecule has 0 aliphatic carbocycles. The van der Waals surface area contributed by atoms with Gasteiger partial charge in [0.15, 0.2) is 4.80 Å². The summed E-state index contributed by atoms with van der Waals surface area (Å²) in [5, 5.41) is 9.78. The molecule has 3 aromatic rings. The molecule has 1 N–H and O–H groups in total. The average Bonchev–Trinajstić information content (AvgIpc) is 3.14. The van der Waals surface area contributed by atoms with Crippen molar-refractivity contribution in [3.63, 3.8) is 0 Å².